The van der Waals surface area contributed by atoms with Crippen LogP contribution < -0.4 is 0 Å². The van der Waals surface area contributed by atoms with Crippen molar-refractivity contribution in [3.05, 3.63) is 34.0 Å². The van der Waals surface area contributed by atoms with Crippen LogP contribution in [-0.2, 0) is 22.6 Å². The molecule has 2 aliphatic heterocycles. The summed E-state index contributed by atoms with van der Waals surface area (Å²) in [6.45, 7) is 6.93. The van der Waals surface area contributed by atoms with Crippen molar-refractivity contribution in [2.75, 3.05) is 32.8 Å². The summed E-state index contributed by atoms with van der Waals surface area (Å²) in [5.74, 6) is 0.147. The van der Waals surface area contributed by atoms with Gasteiger partial charge in [-0.05, 0) is 13.0 Å². The van der Waals surface area contributed by atoms with Crippen LogP contribution in [0.25, 0.3) is 0 Å². The number of hydrogen-bond acceptors (Lipinski definition) is 6. The first kappa shape index (κ1) is 15.7. The van der Waals surface area contributed by atoms with E-state index in [1.165, 1.54) is 4.88 Å². The predicted octanol–water partition coefficient (Wildman–Crippen LogP) is 1.06. The number of carbonyl (C=O) groups is 1. The molecule has 0 aliphatic carbocycles. The maximum absolute atomic E-state index is 13.0. The molecular formula is C16H21N5O2S. The Hall–Kier alpha value is -1.77. The van der Waals surface area contributed by atoms with Crippen molar-refractivity contribution in [1.29, 1.82) is 0 Å². The molecule has 2 aromatic rings. The zero-order valence-corrected chi connectivity index (χ0v) is 14.5. The van der Waals surface area contributed by atoms with Crippen LogP contribution >= 0.6 is 11.3 Å². The van der Waals surface area contributed by atoms with E-state index in [0.717, 1.165) is 24.5 Å². The predicted molar refractivity (Wildman–Crippen MR) is 89.6 cm³/mol. The molecule has 2 aliphatic rings. The SMILES string of the molecule is Cc1ncsc1CN1Cc2ccnn2[C@@H](C(=O)N2CCOCC2)C1. The molecule has 2 aromatic heterocycles. The van der Waals surface area contributed by atoms with E-state index in [-0.39, 0.29) is 11.9 Å². The molecule has 24 heavy (non-hydrogen) atoms. The topological polar surface area (TPSA) is 63.5 Å². The number of rotatable bonds is 3. The standard InChI is InChI=1S/C16H21N5O2S/c1-12-15(24-11-17-12)10-19-8-13-2-3-18-21(13)14(9-19)16(22)20-4-6-23-7-5-20/h2-3,11,14H,4-10H2,1H3/t14-/m1/s1. The summed E-state index contributed by atoms with van der Waals surface area (Å²) >= 11 is 1.68. The molecule has 8 heteroatoms. The Morgan fingerprint density at radius 3 is 3.00 bits per heavy atom. The lowest BCUT2D eigenvalue weighted by molar-refractivity contribution is -0.140. The van der Waals surface area contributed by atoms with E-state index in [0.29, 0.717) is 32.8 Å². The van der Waals surface area contributed by atoms with Gasteiger partial charge in [-0.3, -0.25) is 14.4 Å². The van der Waals surface area contributed by atoms with Crippen molar-refractivity contribution in [2.45, 2.75) is 26.1 Å². The number of morpholine rings is 1. The van der Waals surface area contributed by atoms with Gasteiger partial charge in [-0.15, -0.1) is 11.3 Å². The first-order chi connectivity index (χ1) is 11.7. The Bertz CT molecular complexity index is 722. The number of hydrogen-bond donors (Lipinski definition) is 0. The van der Waals surface area contributed by atoms with Gasteiger partial charge in [0.15, 0.2) is 0 Å². The van der Waals surface area contributed by atoms with Gasteiger partial charge in [-0.1, -0.05) is 0 Å². The molecule has 1 atom stereocenters. The maximum Gasteiger partial charge on any atom is 0.248 e. The van der Waals surface area contributed by atoms with Gasteiger partial charge < -0.3 is 9.64 Å². The number of aromatic nitrogens is 3. The average molecular weight is 347 g/mol. The summed E-state index contributed by atoms with van der Waals surface area (Å²) in [6, 6.07) is 1.75. The first-order valence-electron chi connectivity index (χ1n) is 8.22. The van der Waals surface area contributed by atoms with Gasteiger partial charge in [-0.25, -0.2) is 4.98 Å². The number of aryl methyl sites for hydroxylation is 1. The Balaban J connectivity index is 1.54. The zero-order chi connectivity index (χ0) is 16.5. The Kier molecular flexibility index (Phi) is 4.34. The van der Waals surface area contributed by atoms with Crippen molar-refractivity contribution in [2.24, 2.45) is 0 Å². The normalized spacial score (nSPS) is 21.7. The van der Waals surface area contributed by atoms with Gasteiger partial charge in [0.2, 0.25) is 5.91 Å². The molecule has 0 unspecified atom stereocenters. The quantitative estimate of drug-likeness (QED) is 0.831. The van der Waals surface area contributed by atoms with E-state index < -0.39 is 0 Å². The van der Waals surface area contributed by atoms with Crippen molar-refractivity contribution >= 4 is 17.2 Å². The third-order valence-corrected chi connectivity index (χ3v) is 5.60. The largest absolute Gasteiger partial charge is 0.378 e. The summed E-state index contributed by atoms with van der Waals surface area (Å²) in [6.07, 6.45) is 1.79. The molecule has 0 bridgehead atoms. The van der Waals surface area contributed by atoms with Gasteiger partial charge in [0, 0.05) is 43.8 Å². The van der Waals surface area contributed by atoms with Crippen LogP contribution in [0.3, 0.4) is 0 Å². The molecule has 0 aromatic carbocycles. The van der Waals surface area contributed by atoms with Crippen LogP contribution in [0.1, 0.15) is 22.3 Å². The molecule has 0 N–H and O–H groups in total. The lowest BCUT2D eigenvalue weighted by Gasteiger charge is -2.36. The number of ether oxygens (including phenoxy) is 1. The molecule has 7 nitrogen and oxygen atoms in total. The van der Waals surface area contributed by atoms with Gasteiger partial charge in [0.25, 0.3) is 0 Å². The second-order valence-corrected chi connectivity index (χ2v) is 7.19. The smallest absolute Gasteiger partial charge is 0.248 e. The van der Waals surface area contributed by atoms with Crippen LogP contribution in [-0.4, -0.2) is 63.3 Å². The monoisotopic (exact) mass is 347 g/mol. The highest BCUT2D eigenvalue weighted by Crippen LogP contribution is 2.25. The van der Waals surface area contributed by atoms with E-state index >= 15 is 0 Å². The molecule has 128 valence electrons. The number of fused-ring (bicyclic) bond motifs is 1. The summed E-state index contributed by atoms with van der Waals surface area (Å²) in [5.41, 5.74) is 4.06. The van der Waals surface area contributed by atoms with E-state index in [1.54, 1.807) is 17.5 Å². The maximum atomic E-state index is 13.0. The van der Waals surface area contributed by atoms with Crippen molar-refractivity contribution < 1.29 is 9.53 Å². The average Bonchev–Trinajstić information content (AvgIpc) is 3.24. The molecule has 0 radical (unpaired) electrons. The minimum absolute atomic E-state index is 0.147. The number of carbonyl (C=O) groups excluding carboxylic acids is 1. The van der Waals surface area contributed by atoms with Gasteiger partial charge in [0.05, 0.1) is 30.1 Å². The highest BCUT2D eigenvalue weighted by molar-refractivity contribution is 7.09. The molecule has 1 fully saturated rings. The summed E-state index contributed by atoms with van der Waals surface area (Å²) < 4.78 is 7.26. The van der Waals surface area contributed by atoms with Crippen LogP contribution in [0, 0.1) is 6.92 Å². The van der Waals surface area contributed by atoms with Crippen molar-refractivity contribution in [3.63, 3.8) is 0 Å². The van der Waals surface area contributed by atoms with E-state index in [4.69, 9.17) is 4.74 Å². The van der Waals surface area contributed by atoms with Crippen molar-refractivity contribution in [1.82, 2.24) is 24.6 Å². The minimum Gasteiger partial charge on any atom is -0.378 e. The first-order valence-corrected chi connectivity index (χ1v) is 9.10. The number of amides is 1. The zero-order valence-electron chi connectivity index (χ0n) is 13.7. The van der Waals surface area contributed by atoms with Gasteiger partial charge in [0.1, 0.15) is 6.04 Å². The number of thiazole rings is 1. The Morgan fingerprint density at radius 1 is 1.42 bits per heavy atom. The Morgan fingerprint density at radius 2 is 2.25 bits per heavy atom. The minimum atomic E-state index is -0.255. The second-order valence-electron chi connectivity index (χ2n) is 6.25. The fourth-order valence-electron chi connectivity index (χ4n) is 3.34. The summed E-state index contributed by atoms with van der Waals surface area (Å²) in [4.78, 5) is 22.8. The van der Waals surface area contributed by atoms with E-state index in [1.807, 2.05) is 28.1 Å². The highest BCUT2D eigenvalue weighted by atomic mass is 32.1. The number of nitrogens with zero attached hydrogens (tertiary/aromatic N) is 5. The third kappa shape index (κ3) is 2.97. The molecular weight excluding hydrogens is 326 g/mol. The lowest BCUT2D eigenvalue weighted by atomic mass is 10.1. The van der Waals surface area contributed by atoms with Crippen LogP contribution in [0.2, 0.25) is 0 Å². The van der Waals surface area contributed by atoms with E-state index in [2.05, 4.69) is 15.0 Å². The Labute approximate surface area is 144 Å². The lowest BCUT2D eigenvalue weighted by Crippen LogP contribution is -2.49. The summed E-state index contributed by atoms with van der Waals surface area (Å²) in [7, 11) is 0. The fraction of sp³-hybridized carbons (Fsp3) is 0.562. The van der Waals surface area contributed by atoms with Crippen LogP contribution in [0.5, 0.6) is 0 Å². The third-order valence-electron chi connectivity index (χ3n) is 4.68. The van der Waals surface area contributed by atoms with Gasteiger partial charge in [-0.2, -0.15) is 5.10 Å². The summed E-state index contributed by atoms with van der Waals surface area (Å²) in [5, 5.41) is 4.40. The highest BCUT2D eigenvalue weighted by Gasteiger charge is 2.34. The van der Waals surface area contributed by atoms with Crippen LogP contribution in [0.15, 0.2) is 17.8 Å². The molecule has 0 saturated carbocycles. The van der Waals surface area contributed by atoms with E-state index in [9.17, 15) is 4.79 Å². The molecule has 4 heterocycles. The molecule has 1 saturated heterocycles. The fourth-order valence-corrected chi connectivity index (χ4v) is 4.16. The molecule has 0 spiro atoms. The second kappa shape index (κ2) is 6.62. The molecule has 4 rings (SSSR count). The van der Waals surface area contributed by atoms with Crippen molar-refractivity contribution in [3.8, 4) is 0 Å². The van der Waals surface area contributed by atoms with Gasteiger partial charge >= 0.3 is 0 Å². The van der Waals surface area contributed by atoms with Crippen LogP contribution in [0.4, 0.5) is 0 Å². The molecule has 1 amide bonds.